The van der Waals surface area contributed by atoms with Gasteiger partial charge in [0.1, 0.15) is 0 Å². The Morgan fingerprint density at radius 2 is 1.78 bits per heavy atom. The van der Waals surface area contributed by atoms with Gasteiger partial charge in [-0.2, -0.15) is 0 Å². The van der Waals surface area contributed by atoms with Crippen molar-refractivity contribution in [3.63, 3.8) is 0 Å². The van der Waals surface area contributed by atoms with Crippen LogP contribution >= 0.6 is 0 Å². The molecule has 4 heteroatoms. The zero-order chi connectivity index (χ0) is 16.8. The number of unbranched alkanes of at least 4 members (excludes halogenated alkanes) is 2. The Balaban J connectivity index is 2.43. The van der Waals surface area contributed by atoms with Crippen molar-refractivity contribution < 1.29 is 0 Å². The van der Waals surface area contributed by atoms with Crippen LogP contribution in [0.2, 0.25) is 0 Å². The maximum absolute atomic E-state index is 12.8. The van der Waals surface area contributed by atoms with Gasteiger partial charge in [-0.25, -0.2) is 4.79 Å². The van der Waals surface area contributed by atoms with Crippen molar-refractivity contribution in [2.24, 2.45) is 0 Å². The van der Waals surface area contributed by atoms with Crippen molar-refractivity contribution >= 4 is 0 Å². The van der Waals surface area contributed by atoms with Crippen molar-refractivity contribution in [3.8, 4) is 0 Å². The molecule has 0 fully saturated rings. The number of rotatable bonds is 7. The molecule has 0 aliphatic carbocycles. The molecule has 0 saturated carbocycles. The number of nitrogens with one attached hydrogen (secondary N) is 1. The molecule has 0 radical (unpaired) electrons. The Bertz CT molecular complexity index is 742. The molecule has 1 aromatic carbocycles. The van der Waals surface area contributed by atoms with Crippen molar-refractivity contribution in [3.05, 3.63) is 68.0 Å². The average molecular weight is 314 g/mol. The first kappa shape index (κ1) is 17.3. The maximum atomic E-state index is 12.8. The lowest BCUT2D eigenvalue weighted by Gasteiger charge is -2.15. The van der Waals surface area contributed by atoms with E-state index in [-0.39, 0.29) is 17.2 Å². The van der Waals surface area contributed by atoms with E-state index >= 15 is 0 Å². The Hall–Kier alpha value is -2.10. The molecule has 0 amide bonds. The van der Waals surface area contributed by atoms with Gasteiger partial charge in [-0.15, -0.1) is 0 Å². The van der Waals surface area contributed by atoms with Gasteiger partial charge < -0.3 is 4.98 Å². The summed E-state index contributed by atoms with van der Waals surface area (Å²) in [4.78, 5) is 28.1. The average Bonchev–Trinajstić information content (AvgIpc) is 2.51. The highest BCUT2D eigenvalue weighted by molar-refractivity contribution is 5.28. The van der Waals surface area contributed by atoms with Crippen LogP contribution in [-0.2, 0) is 13.0 Å². The third kappa shape index (κ3) is 4.21. The van der Waals surface area contributed by atoms with Gasteiger partial charge in [0, 0.05) is 24.2 Å². The van der Waals surface area contributed by atoms with E-state index in [2.05, 4.69) is 11.9 Å². The molecule has 124 valence electrons. The Morgan fingerprint density at radius 3 is 2.39 bits per heavy atom. The SMILES string of the molecule is CCCCCn1c(=O)[nH]c(Cc2ccccc2)c(C(C)C)c1=O. The van der Waals surface area contributed by atoms with Crippen LogP contribution < -0.4 is 11.2 Å². The summed E-state index contributed by atoms with van der Waals surface area (Å²) in [6.07, 6.45) is 3.52. The minimum atomic E-state index is -0.290. The summed E-state index contributed by atoms with van der Waals surface area (Å²) in [5, 5.41) is 0. The molecular formula is C19H26N2O2. The highest BCUT2D eigenvalue weighted by Gasteiger charge is 2.16. The van der Waals surface area contributed by atoms with Crippen LogP contribution in [0, 0.1) is 0 Å². The summed E-state index contributed by atoms with van der Waals surface area (Å²) < 4.78 is 1.36. The lowest BCUT2D eigenvalue weighted by molar-refractivity contribution is 0.551. The molecule has 0 bridgehead atoms. The number of aromatic nitrogens is 2. The quantitative estimate of drug-likeness (QED) is 0.796. The van der Waals surface area contributed by atoms with Gasteiger partial charge in [-0.1, -0.05) is 63.9 Å². The monoisotopic (exact) mass is 314 g/mol. The summed E-state index contributed by atoms with van der Waals surface area (Å²) in [5.74, 6) is 0.0792. The Labute approximate surface area is 137 Å². The third-order valence-electron chi connectivity index (χ3n) is 4.09. The van der Waals surface area contributed by atoms with E-state index in [0.717, 1.165) is 36.1 Å². The van der Waals surface area contributed by atoms with Crippen LogP contribution in [0.3, 0.4) is 0 Å². The van der Waals surface area contributed by atoms with Crippen molar-refractivity contribution in [2.75, 3.05) is 0 Å². The molecule has 1 aromatic heterocycles. The second kappa shape index (κ2) is 7.95. The van der Waals surface area contributed by atoms with Gasteiger partial charge >= 0.3 is 5.69 Å². The fraction of sp³-hybridized carbons (Fsp3) is 0.474. The molecule has 0 saturated heterocycles. The molecule has 1 N–H and O–H groups in total. The number of nitrogens with zero attached hydrogens (tertiary/aromatic N) is 1. The largest absolute Gasteiger partial charge is 0.328 e. The van der Waals surface area contributed by atoms with Gasteiger partial charge in [-0.05, 0) is 17.9 Å². The first-order valence-corrected chi connectivity index (χ1v) is 8.44. The minimum Gasteiger partial charge on any atom is -0.310 e. The number of hydrogen-bond donors (Lipinski definition) is 1. The van der Waals surface area contributed by atoms with Gasteiger partial charge in [-0.3, -0.25) is 9.36 Å². The van der Waals surface area contributed by atoms with Crippen LogP contribution in [0.5, 0.6) is 0 Å². The summed E-state index contributed by atoms with van der Waals surface area (Å²) in [5.41, 5.74) is 2.14. The van der Waals surface area contributed by atoms with Gasteiger partial charge in [0.2, 0.25) is 0 Å². The Morgan fingerprint density at radius 1 is 1.09 bits per heavy atom. The minimum absolute atomic E-state index is 0.0792. The highest BCUT2D eigenvalue weighted by Crippen LogP contribution is 2.16. The predicted molar refractivity (Wildman–Crippen MR) is 94.2 cm³/mol. The lowest BCUT2D eigenvalue weighted by atomic mass is 9.98. The number of hydrogen-bond acceptors (Lipinski definition) is 2. The van der Waals surface area contributed by atoms with Crippen LogP contribution in [0.15, 0.2) is 39.9 Å². The van der Waals surface area contributed by atoms with E-state index in [4.69, 9.17) is 0 Å². The van der Waals surface area contributed by atoms with E-state index in [1.54, 1.807) is 0 Å². The zero-order valence-corrected chi connectivity index (χ0v) is 14.3. The summed E-state index contributed by atoms with van der Waals surface area (Å²) in [7, 11) is 0. The molecule has 0 spiro atoms. The van der Waals surface area contributed by atoms with E-state index in [1.165, 1.54) is 4.57 Å². The third-order valence-corrected chi connectivity index (χ3v) is 4.09. The molecule has 1 heterocycles. The molecular weight excluding hydrogens is 288 g/mol. The first-order chi connectivity index (χ1) is 11.0. The summed E-state index contributed by atoms with van der Waals surface area (Å²) in [6, 6.07) is 9.91. The van der Waals surface area contributed by atoms with Crippen LogP contribution in [0.4, 0.5) is 0 Å². The zero-order valence-electron chi connectivity index (χ0n) is 14.3. The molecule has 0 unspecified atom stereocenters. The second-order valence-electron chi connectivity index (χ2n) is 6.30. The van der Waals surface area contributed by atoms with Gasteiger partial charge in [0.25, 0.3) is 5.56 Å². The molecule has 4 nitrogen and oxygen atoms in total. The number of H-pyrrole nitrogens is 1. The predicted octanol–water partition coefficient (Wildman–Crippen LogP) is 3.44. The number of aromatic amines is 1. The van der Waals surface area contributed by atoms with Crippen LogP contribution in [0.25, 0.3) is 0 Å². The Kier molecular flexibility index (Phi) is 5.97. The second-order valence-corrected chi connectivity index (χ2v) is 6.30. The summed E-state index contributed by atoms with van der Waals surface area (Å²) >= 11 is 0. The normalized spacial score (nSPS) is 11.1. The smallest absolute Gasteiger partial charge is 0.310 e. The molecule has 23 heavy (non-hydrogen) atoms. The van der Waals surface area contributed by atoms with E-state index < -0.39 is 0 Å². The lowest BCUT2D eigenvalue weighted by Crippen LogP contribution is -2.39. The maximum Gasteiger partial charge on any atom is 0.328 e. The highest BCUT2D eigenvalue weighted by atomic mass is 16.2. The van der Waals surface area contributed by atoms with Crippen molar-refractivity contribution in [1.82, 2.24) is 9.55 Å². The fourth-order valence-corrected chi connectivity index (χ4v) is 2.89. The van der Waals surface area contributed by atoms with Gasteiger partial charge in [0.15, 0.2) is 0 Å². The van der Waals surface area contributed by atoms with E-state index in [0.29, 0.717) is 13.0 Å². The van der Waals surface area contributed by atoms with Crippen LogP contribution in [0.1, 0.15) is 62.8 Å². The topological polar surface area (TPSA) is 54.9 Å². The molecule has 2 aromatic rings. The van der Waals surface area contributed by atoms with E-state index in [9.17, 15) is 9.59 Å². The fourth-order valence-electron chi connectivity index (χ4n) is 2.89. The standard InChI is InChI=1S/C19H26N2O2/c1-4-5-9-12-21-18(22)17(14(2)3)16(20-19(21)23)13-15-10-7-6-8-11-15/h6-8,10-11,14H,4-5,9,12-13H2,1-3H3,(H,20,23). The molecule has 0 aliphatic rings. The van der Waals surface area contributed by atoms with Gasteiger partial charge in [0.05, 0.1) is 0 Å². The molecule has 0 aliphatic heterocycles. The molecule has 2 rings (SSSR count). The van der Waals surface area contributed by atoms with Crippen molar-refractivity contribution in [1.29, 1.82) is 0 Å². The van der Waals surface area contributed by atoms with Crippen LogP contribution in [-0.4, -0.2) is 9.55 Å². The van der Waals surface area contributed by atoms with Crippen molar-refractivity contribution in [2.45, 2.75) is 58.9 Å². The first-order valence-electron chi connectivity index (χ1n) is 8.44. The summed E-state index contributed by atoms with van der Waals surface area (Å²) in [6.45, 7) is 6.60. The molecule has 0 atom stereocenters. The number of benzene rings is 1. The van der Waals surface area contributed by atoms with E-state index in [1.807, 2.05) is 44.2 Å².